The lowest BCUT2D eigenvalue weighted by Gasteiger charge is -2.31. The van der Waals surface area contributed by atoms with Crippen molar-refractivity contribution in [3.63, 3.8) is 0 Å². The number of rotatable bonds is 11. The molecule has 0 spiro atoms. The fourth-order valence-corrected chi connectivity index (χ4v) is 4.25. The molecule has 0 saturated heterocycles. The maximum Gasteiger partial charge on any atom is 0.0696 e. The van der Waals surface area contributed by atoms with Crippen molar-refractivity contribution in [1.29, 1.82) is 0 Å². The van der Waals surface area contributed by atoms with Crippen LogP contribution in [0.25, 0.3) is 0 Å². The highest BCUT2D eigenvalue weighted by atomic mass is 35.5. The fourth-order valence-electron chi connectivity index (χ4n) is 4.03. The Balaban J connectivity index is 1.54. The first kappa shape index (κ1) is 20.4. The lowest BCUT2D eigenvalue weighted by molar-refractivity contribution is 0.183. The van der Waals surface area contributed by atoms with E-state index in [0.29, 0.717) is 6.04 Å². The summed E-state index contributed by atoms with van der Waals surface area (Å²) in [5.41, 5.74) is 4.19. The van der Waals surface area contributed by atoms with Gasteiger partial charge in [0.1, 0.15) is 0 Å². The van der Waals surface area contributed by atoms with Crippen LogP contribution in [0.5, 0.6) is 0 Å². The van der Waals surface area contributed by atoms with Gasteiger partial charge in [0.25, 0.3) is 0 Å². The van der Waals surface area contributed by atoms with Gasteiger partial charge in [-0.1, -0.05) is 68.4 Å². The second kappa shape index (κ2) is 9.75. The Morgan fingerprint density at radius 3 is 2.15 bits per heavy atom. The summed E-state index contributed by atoms with van der Waals surface area (Å²) in [6.45, 7) is 6.98. The van der Waals surface area contributed by atoms with E-state index in [4.69, 9.17) is 11.6 Å². The number of benzene rings is 2. The largest absolute Gasteiger partial charge is 0.300 e. The Kier molecular flexibility index (Phi) is 7.38. The molecule has 0 heterocycles. The minimum Gasteiger partial charge on any atom is -0.300 e. The SMILES string of the molecule is CCCN(CCc1ccccc1)C(CC)CCc1ccc(C2(Cl)CC2)cc1. The summed E-state index contributed by atoms with van der Waals surface area (Å²) in [7, 11) is 0. The second-order valence-corrected chi connectivity index (χ2v) is 8.76. The van der Waals surface area contributed by atoms with Crippen molar-refractivity contribution in [2.75, 3.05) is 13.1 Å². The highest BCUT2D eigenvalue weighted by Gasteiger charge is 2.41. The van der Waals surface area contributed by atoms with Gasteiger partial charge >= 0.3 is 0 Å². The molecule has 1 aliphatic rings. The van der Waals surface area contributed by atoms with Crippen LogP contribution in [-0.4, -0.2) is 24.0 Å². The average molecular weight is 384 g/mol. The average Bonchev–Trinajstić information content (AvgIpc) is 3.46. The van der Waals surface area contributed by atoms with Crippen molar-refractivity contribution in [2.24, 2.45) is 0 Å². The predicted molar refractivity (Wildman–Crippen MR) is 118 cm³/mol. The monoisotopic (exact) mass is 383 g/mol. The van der Waals surface area contributed by atoms with Crippen LogP contribution < -0.4 is 0 Å². The Labute approximate surface area is 170 Å². The van der Waals surface area contributed by atoms with Gasteiger partial charge in [-0.15, -0.1) is 11.6 Å². The van der Waals surface area contributed by atoms with Crippen molar-refractivity contribution >= 4 is 11.6 Å². The number of aryl methyl sites for hydroxylation is 1. The first-order valence-electron chi connectivity index (χ1n) is 10.7. The molecule has 0 N–H and O–H groups in total. The summed E-state index contributed by atoms with van der Waals surface area (Å²) >= 11 is 6.53. The van der Waals surface area contributed by atoms with Crippen molar-refractivity contribution in [1.82, 2.24) is 4.90 Å². The summed E-state index contributed by atoms with van der Waals surface area (Å²) in [6.07, 6.45) is 8.22. The van der Waals surface area contributed by atoms with Gasteiger partial charge in [0, 0.05) is 12.6 Å². The van der Waals surface area contributed by atoms with E-state index in [0.717, 1.165) is 32.2 Å². The Hall–Kier alpha value is -1.31. The number of halogens is 1. The van der Waals surface area contributed by atoms with Crippen LogP contribution in [0.15, 0.2) is 54.6 Å². The molecule has 2 aromatic carbocycles. The fraction of sp³-hybridized carbons (Fsp3) is 0.520. The molecule has 1 unspecified atom stereocenters. The zero-order valence-corrected chi connectivity index (χ0v) is 17.7. The molecule has 0 aromatic heterocycles. The van der Waals surface area contributed by atoms with Crippen LogP contribution in [0, 0.1) is 0 Å². The molecule has 2 heteroatoms. The van der Waals surface area contributed by atoms with Crippen molar-refractivity contribution in [3.05, 3.63) is 71.3 Å². The highest BCUT2D eigenvalue weighted by molar-refractivity contribution is 6.25. The lowest BCUT2D eigenvalue weighted by atomic mass is 9.99. The van der Waals surface area contributed by atoms with E-state index in [1.807, 2.05) is 0 Å². The molecule has 0 radical (unpaired) electrons. The molecule has 1 atom stereocenters. The van der Waals surface area contributed by atoms with Crippen LogP contribution in [0.1, 0.15) is 62.6 Å². The van der Waals surface area contributed by atoms with Gasteiger partial charge in [-0.3, -0.25) is 0 Å². The molecule has 0 aliphatic heterocycles. The van der Waals surface area contributed by atoms with Crippen LogP contribution in [-0.2, 0) is 17.7 Å². The minimum absolute atomic E-state index is 0.0418. The smallest absolute Gasteiger partial charge is 0.0696 e. The van der Waals surface area contributed by atoms with E-state index in [1.54, 1.807) is 0 Å². The molecule has 1 nitrogen and oxygen atoms in total. The van der Waals surface area contributed by atoms with Crippen LogP contribution in [0.4, 0.5) is 0 Å². The van der Waals surface area contributed by atoms with Crippen molar-refractivity contribution in [3.8, 4) is 0 Å². The number of nitrogens with zero attached hydrogens (tertiary/aromatic N) is 1. The van der Waals surface area contributed by atoms with Gasteiger partial charge in [-0.25, -0.2) is 0 Å². The number of hydrogen-bond donors (Lipinski definition) is 0. The molecule has 0 bridgehead atoms. The van der Waals surface area contributed by atoms with E-state index in [2.05, 4.69) is 73.3 Å². The van der Waals surface area contributed by atoms with E-state index >= 15 is 0 Å². The third-order valence-corrected chi connectivity index (χ3v) is 6.55. The van der Waals surface area contributed by atoms with E-state index in [1.165, 1.54) is 42.5 Å². The maximum atomic E-state index is 6.53. The third-order valence-electron chi connectivity index (χ3n) is 5.96. The topological polar surface area (TPSA) is 3.24 Å². The predicted octanol–water partition coefficient (Wildman–Crippen LogP) is 6.58. The highest BCUT2D eigenvalue weighted by Crippen LogP contribution is 2.51. The molecule has 3 rings (SSSR count). The first-order chi connectivity index (χ1) is 13.1. The Bertz CT molecular complexity index is 675. The van der Waals surface area contributed by atoms with Gasteiger partial charge in [0.15, 0.2) is 0 Å². The molecule has 146 valence electrons. The van der Waals surface area contributed by atoms with Gasteiger partial charge in [-0.2, -0.15) is 0 Å². The zero-order valence-electron chi connectivity index (χ0n) is 17.0. The molecular weight excluding hydrogens is 350 g/mol. The summed E-state index contributed by atoms with van der Waals surface area (Å²) in [5, 5.41) is 0. The van der Waals surface area contributed by atoms with E-state index < -0.39 is 0 Å². The molecule has 1 fully saturated rings. The van der Waals surface area contributed by atoms with Crippen molar-refractivity contribution in [2.45, 2.75) is 69.7 Å². The normalized spacial score (nSPS) is 16.4. The van der Waals surface area contributed by atoms with Crippen LogP contribution in [0.3, 0.4) is 0 Å². The number of alkyl halides is 1. The molecule has 0 amide bonds. The maximum absolute atomic E-state index is 6.53. The van der Waals surface area contributed by atoms with Gasteiger partial charge < -0.3 is 4.90 Å². The van der Waals surface area contributed by atoms with E-state index in [-0.39, 0.29) is 4.87 Å². The standard InChI is InChI=1S/C25H34ClN/c1-3-19-27(20-16-21-8-6-5-7-9-21)24(4-2)15-12-22-10-13-23(14-11-22)25(26)17-18-25/h5-11,13-14,24H,3-4,12,15-20H2,1-2H3. The van der Waals surface area contributed by atoms with E-state index in [9.17, 15) is 0 Å². The summed E-state index contributed by atoms with van der Waals surface area (Å²) in [6, 6.07) is 20.6. The number of hydrogen-bond acceptors (Lipinski definition) is 1. The first-order valence-corrected chi connectivity index (χ1v) is 11.1. The van der Waals surface area contributed by atoms with Gasteiger partial charge in [0.2, 0.25) is 0 Å². The van der Waals surface area contributed by atoms with Crippen LogP contribution >= 0.6 is 11.6 Å². The van der Waals surface area contributed by atoms with Gasteiger partial charge in [-0.05, 0) is 68.2 Å². The summed E-state index contributed by atoms with van der Waals surface area (Å²) < 4.78 is 0. The third kappa shape index (κ3) is 5.83. The summed E-state index contributed by atoms with van der Waals surface area (Å²) in [4.78, 5) is 2.67. The molecule has 27 heavy (non-hydrogen) atoms. The van der Waals surface area contributed by atoms with Gasteiger partial charge in [0.05, 0.1) is 4.87 Å². The summed E-state index contributed by atoms with van der Waals surface area (Å²) in [5.74, 6) is 0. The Morgan fingerprint density at radius 2 is 1.56 bits per heavy atom. The van der Waals surface area contributed by atoms with Crippen molar-refractivity contribution < 1.29 is 0 Å². The van der Waals surface area contributed by atoms with Crippen LogP contribution in [0.2, 0.25) is 0 Å². The molecule has 2 aromatic rings. The molecular formula is C25H34ClN. The minimum atomic E-state index is -0.0418. The quantitative estimate of drug-likeness (QED) is 0.396. The molecule has 1 saturated carbocycles. The molecule has 1 aliphatic carbocycles. The zero-order chi connectivity index (χ0) is 19.1. The lowest BCUT2D eigenvalue weighted by Crippen LogP contribution is -2.37. The Morgan fingerprint density at radius 1 is 0.889 bits per heavy atom. The second-order valence-electron chi connectivity index (χ2n) is 8.03.